The molecule has 2 aromatic heterocycles. The van der Waals surface area contributed by atoms with Crippen LogP contribution in [0.5, 0.6) is 0 Å². The van der Waals surface area contributed by atoms with Gasteiger partial charge in [0.1, 0.15) is 11.3 Å². The van der Waals surface area contributed by atoms with Gasteiger partial charge in [-0.3, -0.25) is 0 Å². The Labute approximate surface area is 124 Å². The van der Waals surface area contributed by atoms with Crippen molar-refractivity contribution >= 4 is 11.2 Å². The summed E-state index contributed by atoms with van der Waals surface area (Å²) in [7, 11) is 2.20. The number of pyridine rings is 1. The highest BCUT2D eigenvalue weighted by Crippen LogP contribution is 2.33. The second-order valence-electron chi connectivity index (χ2n) is 6.28. The highest BCUT2D eigenvalue weighted by atomic mass is 16.5. The van der Waals surface area contributed by atoms with Crippen LogP contribution in [-0.4, -0.2) is 52.8 Å². The first kappa shape index (κ1) is 13.2. The number of rotatable bonds is 2. The van der Waals surface area contributed by atoms with E-state index in [1.54, 1.807) is 0 Å². The molecular weight excluding hydrogens is 264 g/mol. The van der Waals surface area contributed by atoms with Crippen molar-refractivity contribution < 1.29 is 4.74 Å². The third kappa shape index (κ3) is 2.34. The molecule has 4 heterocycles. The van der Waals surface area contributed by atoms with E-state index in [2.05, 4.69) is 27.6 Å². The smallest absolute Gasteiger partial charge is 0.160 e. The van der Waals surface area contributed by atoms with Crippen molar-refractivity contribution in [3.05, 3.63) is 24.2 Å². The number of hydrogen-bond acceptors (Lipinski definition) is 4. The minimum Gasteiger partial charge on any atom is -0.381 e. The molecule has 2 aromatic rings. The molecule has 2 saturated heterocycles. The first-order valence-electron chi connectivity index (χ1n) is 7.92. The molecule has 0 saturated carbocycles. The molecule has 0 amide bonds. The number of fused-ring (bicyclic) bond motifs is 1. The van der Waals surface area contributed by atoms with Gasteiger partial charge in [0, 0.05) is 31.9 Å². The van der Waals surface area contributed by atoms with Crippen molar-refractivity contribution in [1.29, 1.82) is 0 Å². The molecule has 112 valence electrons. The maximum atomic E-state index is 5.52. The van der Waals surface area contributed by atoms with Crippen molar-refractivity contribution in [3.63, 3.8) is 0 Å². The van der Waals surface area contributed by atoms with Gasteiger partial charge in [0.25, 0.3) is 0 Å². The summed E-state index contributed by atoms with van der Waals surface area (Å²) < 4.78 is 7.94. The zero-order valence-electron chi connectivity index (χ0n) is 12.5. The van der Waals surface area contributed by atoms with Crippen LogP contribution >= 0.6 is 0 Å². The maximum absolute atomic E-state index is 5.52. The molecule has 0 spiro atoms. The number of likely N-dealkylation sites (tertiary alicyclic amines) is 1. The summed E-state index contributed by atoms with van der Waals surface area (Å²) in [4.78, 5) is 11.9. The molecule has 2 fully saturated rings. The van der Waals surface area contributed by atoms with E-state index in [0.717, 1.165) is 50.3 Å². The third-order valence-electron chi connectivity index (χ3n) is 4.79. The molecule has 21 heavy (non-hydrogen) atoms. The van der Waals surface area contributed by atoms with E-state index in [1.807, 2.05) is 12.3 Å². The largest absolute Gasteiger partial charge is 0.381 e. The first-order valence-corrected chi connectivity index (χ1v) is 7.92. The van der Waals surface area contributed by atoms with Gasteiger partial charge in [-0.2, -0.15) is 0 Å². The lowest BCUT2D eigenvalue weighted by Gasteiger charge is -2.24. The van der Waals surface area contributed by atoms with E-state index in [0.29, 0.717) is 12.0 Å². The maximum Gasteiger partial charge on any atom is 0.160 e. The Morgan fingerprint density at radius 3 is 2.86 bits per heavy atom. The normalized spacial score (nSPS) is 24.9. The lowest BCUT2D eigenvalue weighted by molar-refractivity contribution is 0.0826. The summed E-state index contributed by atoms with van der Waals surface area (Å²) in [6.45, 7) is 3.96. The Balaban J connectivity index is 1.80. The van der Waals surface area contributed by atoms with Crippen molar-refractivity contribution in [2.45, 2.75) is 31.2 Å². The van der Waals surface area contributed by atoms with Crippen LogP contribution in [0, 0.1) is 0 Å². The Morgan fingerprint density at radius 1 is 1.24 bits per heavy atom. The average Bonchev–Trinajstić information content (AvgIpc) is 3.11. The summed E-state index contributed by atoms with van der Waals surface area (Å²) in [6, 6.07) is 4.57. The van der Waals surface area contributed by atoms with E-state index >= 15 is 0 Å². The van der Waals surface area contributed by atoms with Crippen LogP contribution in [0.25, 0.3) is 11.2 Å². The quantitative estimate of drug-likeness (QED) is 0.849. The van der Waals surface area contributed by atoms with Gasteiger partial charge >= 0.3 is 0 Å². The fourth-order valence-electron chi connectivity index (χ4n) is 3.67. The zero-order valence-corrected chi connectivity index (χ0v) is 12.5. The Morgan fingerprint density at radius 2 is 2.10 bits per heavy atom. The van der Waals surface area contributed by atoms with Crippen LogP contribution in [0.4, 0.5) is 0 Å². The number of ether oxygens (including phenoxy) is 1. The average molecular weight is 286 g/mol. The molecule has 5 heteroatoms. The third-order valence-corrected chi connectivity index (χ3v) is 4.79. The number of nitrogens with zero attached hydrogens (tertiary/aromatic N) is 4. The number of aromatic nitrogens is 3. The van der Waals surface area contributed by atoms with Crippen LogP contribution in [0.15, 0.2) is 18.3 Å². The molecule has 2 aliphatic heterocycles. The van der Waals surface area contributed by atoms with Crippen molar-refractivity contribution in [2.24, 2.45) is 0 Å². The van der Waals surface area contributed by atoms with Gasteiger partial charge < -0.3 is 14.2 Å². The van der Waals surface area contributed by atoms with E-state index in [1.165, 1.54) is 12.2 Å². The molecule has 1 unspecified atom stereocenters. The zero-order chi connectivity index (χ0) is 14.2. The molecule has 1 atom stereocenters. The monoisotopic (exact) mass is 286 g/mol. The highest BCUT2D eigenvalue weighted by Gasteiger charge is 2.29. The Hall–Kier alpha value is -1.46. The SMILES string of the molecule is CN1CCC(n2c(C3CCOCC3)nc3cccnc32)C1. The number of imidazole rings is 1. The molecule has 2 aliphatic rings. The van der Waals surface area contributed by atoms with Gasteiger partial charge in [0.05, 0.1) is 6.04 Å². The fourth-order valence-corrected chi connectivity index (χ4v) is 3.67. The van der Waals surface area contributed by atoms with Crippen molar-refractivity contribution in [3.8, 4) is 0 Å². The Kier molecular flexibility index (Phi) is 3.39. The summed E-state index contributed by atoms with van der Waals surface area (Å²) in [5.41, 5.74) is 2.09. The number of hydrogen-bond donors (Lipinski definition) is 0. The lowest BCUT2D eigenvalue weighted by atomic mass is 9.99. The van der Waals surface area contributed by atoms with Gasteiger partial charge in [-0.05, 0) is 45.0 Å². The molecule has 0 radical (unpaired) electrons. The van der Waals surface area contributed by atoms with E-state index < -0.39 is 0 Å². The topological polar surface area (TPSA) is 43.2 Å². The second-order valence-corrected chi connectivity index (χ2v) is 6.28. The van der Waals surface area contributed by atoms with Crippen LogP contribution in [0.1, 0.15) is 37.0 Å². The standard InChI is InChI=1S/C16H22N4O/c1-19-8-4-13(11-19)20-15(12-5-9-21-10-6-12)18-14-3-2-7-17-16(14)20/h2-3,7,12-13H,4-6,8-11H2,1H3. The van der Waals surface area contributed by atoms with Crippen molar-refractivity contribution in [1.82, 2.24) is 19.4 Å². The van der Waals surface area contributed by atoms with E-state index in [-0.39, 0.29) is 0 Å². The van der Waals surface area contributed by atoms with Gasteiger partial charge in [0.2, 0.25) is 0 Å². The minimum atomic E-state index is 0.507. The fraction of sp³-hybridized carbons (Fsp3) is 0.625. The molecule has 5 nitrogen and oxygen atoms in total. The predicted octanol–water partition coefficient (Wildman–Crippen LogP) is 2.20. The molecule has 0 aromatic carbocycles. The lowest BCUT2D eigenvalue weighted by Crippen LogP contribution is -2.22. The van der Waals surface area contributed by atoms with Gasteiger partial charge in [-0.15, -0.1) is 0 Å². The summed E-state index contributed by atoms with van der Waals surface area (Å²) in [5.74, 6) is 1.74. The predicted molar refractivity (Wildman–Crippen MR) is 81.5 cm³/mol. The van der Waals surface area contributed by atoms with Gasteiger partial charge in [-0.25, -0.2) is 9.97 Å². The van der Waals surface area contributed by atoms with Crippen LogP contribution < -0.4 is 0 Å². The highest BCUT2D eigenvalue weighted by molar-refractivity contribution is 5.71. The first-order chi connectivity index (χ1) is 10.3. The van der Waals surface area contributed by atoms with Crippen LogP contribution in [0.3, 0.4) is 0 Å². The van der Waals surface area contributed by atoms with E-state index in [4.69, 9.17) is 9.72 Å². The number of likely N-dealkylation sites (N-methyl/N-ethyl adjacent to an activating group) is 1. The Bertz CT molecular complexity index is 632. The van der Waals surface area contributed by atoms with Crippen molar-refractivity contribution in [2.75, 3.05) is 33.4 Å². The second kappa shape index (κ2) is 5.39. The molecule has 4 rings (SSSR count). The van der Waals surface area contributed by atoms with Crippen LogP contribution in [-0.2, 0) is 4.74 Å². The summed E-state index contributed by atoms with van der Waals surface area (Å²) >= 11 is 0. The minimum absolute atomic E-state index is 0.507. The van der Waals surface area contributed by atoms with Gasteiger partial charge in [-0.1, -0.05) is 0 Å². The van der Waals surface area contributed by atoms with Crippen LogP contribution in [0.2, 0.25) is 0 Å². The molecule has 0 aliphatic carbocycles. The molecular formula is C16H22N4O. The van der Waals surface area contributed by atoms with E-state index in [9.17, 15) is 0 Å². The summed E-state index contributed by atoms with van der Waals surface area (Å²) in [5, 5.41) is 0. The molecule has 0 N–H and O–H groups in total. The van der Waals surface area contributed by atoms with Gasteiger partial charge in [0.15, 0.2) is 5.65 Å². The molecule has 0 bridgehead atoms. The summed E-state index contributed by atoms with van der Waals surface area (Å²) in [6.07, 6.45) is 5.22.